The monoisotopic (exact) mass is 368 g/mol. The summed E-state index contributed by atoms with van der Waals surface area (Å²) in [4.78, 5) is 38.1. The summed E-state index contributed by atoms with van der Waals surface area (Å²) in [6, 6.07) is 5.16. The molecule has 1 aromatic rings. The summed E-state index contributed by atoms with van der Waals surface area (Å²) < 4.78 is 0. The quantitative estimate of drug-likeness (QED) is 0.501. The smallest absolute Gasteiger partial charge is 0.255 e. The maximum atomic E-state index is 12.9. The molecular weight excluding hydrogens is 344 g/mol. The van der Waals surface area contributed by atoms with Crippen molar-refractivity contribution in [2.45, 2.75) is 43.9 Å². The highest BCUT2D eigenvalue weighted by molar-refractivity contribution is 6.05. The molecule has 0 saturated carbocycles. The van der Waals surface area contributed by atoms with Crippen molar-refractivity contribution in [2.24, 2.45) is 0 Å². The number of carbonyl (C=O) groups is 3. The summed E-state index contributed by atoms with van der Waals surface area (Å²) in [5, 5.41) is 9.25. The van der Waals surface area contributed by atoms with E-state index in [-0.39, 0.29) is 29.7 Å². The third-order valence-electron chi connectivity index (χ3n) is 5.79. The van der Waals surface area contributed by atoms with Crippen LogP contribution in [0.5, 0.6) is 0 Å². The van der Waals surface area contributed by atoms with Crippen LogP contribution in [0.25, 0.3) is 0 Å². The number of piperidine rings is 1. The Morgan fingerprint density at radius 3 is 2.78 bits per heavy atom. The van der Waals surface area contributed by atoms with Crippen LogP contribution in [-0.4, -0.2) is 47.3 Å². The summed E-state index contributed by atoms with van der Waals surface area (Å²) in [6.45, 7) is 6.71. The Kier molecular flexibility index (Phi) is 4.57. The predicted octanol–water partition coefficient (Wildman–Crippen LogP) is 0.455. The average molecular weight is 368 g/mol. The molecule has 27 heavy (non-hydrogen) atoms. The molecule has 1 unspecified atom stereocenters. The molecule has 0 radical (unpaired) electrons. The minimum atomic E-state index is -0.577. The highest BCUT2D eigenvalue weighted by atomic mass is 16.2. The third kappa shape index (κ3) is 3.17. The van der Waals surface area contributed by atoms with Crippen LogP contribution in [0.15, 0.2) is 30.9 Å². The maximum Gasteiger partial charge on any atom is 0.255 e. The first kappa shape index (κ1) is 17.9. The molecule has 1 aromatic carbocycles. The Morgan fingerprint density at radius 2 is 2.11 bits per heavy atom. The molecule has 0 aliphatic carbocycles. The number of fused-ring (bicyclic) bond motifs is 1. The second-order valence-electron chi connectivity index (χ2n) is 7.57. The maximum absolute atomic E-state index is 12.9. The molecule has 3 aliphatic heterocycles. The SMILES string of the molecule is C=CCC1(NCc2cccc3c2CN(C2CCC(=O)NC2=O)C3=O)CNC1. The zero-order chi connectivity index (χ0) is 19.0. The van der Waals surface area contributed by atoms with E-state index in [1.807, 2.05) is 24.3 Å². The molecule has 2 fully saturated rings. The van der Waals surface area contributed by atoms with E-state index in [2.05, 4.69) is 22.5 Å². The largest absolute Gasteiger partial charge is 0.322 e. The van der Waals surface area contributed by atoms with E-state index in [4.69, 9.17) is 0 Å². The molecule has 4 rings (SSSR count). The van der Waals surface area contributed by atoms with E-state index >= 15 is 0 Å². The van der Waals surface area contributed by atoms with E-state index in [1.165, 1.54) is 0 Å². The molecule has 3 heterocycles. The summed E-state index contributed by atoms with van der Waals surface area (Å²) in [5.41, 5.74) is 2.73. The van der Waals surface area contributed by atoms with Crippen LogP contribution in [0.1, 0.15) is 40.7 Å². The summed E-state index contributed by atoms with van der Waals surface area (Å²) >= 11 is 0. The lowest BCUT2D eigenvalue weighted by molar-refractivity contribution is -0.136. The molecule has 1 atom stereocenters. The molecule has 7 nitrogen and oxygen atoms in total. The van der Waals surface area contributed by atoms with Gasteiger partial charge in [-0.05, 0) is 30.0 Å². The van der Waals surface area contributed by atoms with Gasteiger partial charge in [-0.15, -0.1) is 6.58 Å². The Bertz CT molecular complexity index is 815. The fourth-order valence-corrected chi connectivity index (χ4v) is 4.14. The fourth-order valence-electron chi connectivity index (χ4n) is 4.14. The van der Waals surface area contributed by atoms with Gasteiger partial charge in [0.25, 0.3) is 5.91 Å². The van der Waals surface area contributed by atoms with Crippen LogP contribution in [0.2, 0.25) is 0 Å². The zero-order valence-corrected chi connectivity index (χ0v) is 15.2. The van der Waals surface area contributed by atoms with Crippen molar-refractivity contribution in [3.8, 4) is 0 Å². The van der Waals surface area contributed by atoms with Crippen LogP contribution >= 0.6 is 0 Å². The second-order valence-corrected chi connectivity index (χ2v) is 7.57. The van der Waals surface area contributed by atoms with Crippen molar-refractivity contribution in [3.05, 3.63) is 47.5 Å². The van der Waals surface area contributed by atoms with Crippen molar-refractivity contribution in [2.75, 3.05) is 13.1 Å². The predicted molar refractivity (Wildman–Crippen MR) is 99.7 cm³/mol. The number of carbonyl (C=O) groups excluding carboxylic acids is 3. The number of amides is 3. The van der Waals surface area contributed by atoms with Gasteiger partial charge < -0.3 is 15.5 Å². The lowest BCUT2D eigenvalue weighted by Crippen LogP contribution is -2.67. The molecule has 0 bridgehead atoms. The number of benzene rings is 1. The Hall–Kier alpha value is -2.51. The Labute approximate surface area is 158 Å². The highest BCUT2D eigenvalue weighted by Gasteiger charge is 2.40. The minimum absolute atomic E-state index is 0.0242. The van der Waals surface area contributed by atoms with Crippen LogP contribution in [0, 0.1) is 0 Å². The van der Waals surface area contributed by atoms with Gasteiger partial charge in [0, 0.05) is 43.7 Å². The zero-order valence-electron chi connectivity index (χ0n) is 15.2. The normalized spacial score (nSPS) is 23.6. The second kappa shape index (κ2) is 6.90. The first-order valence-electron chi connectivity index (χ1n) is 9.35. The summed E-state index contributed by atoms with van der Waals surface area (Å²) in [5.74, 6) is -0.781. The van der Waals surface area contributed by atoms with E-state index < -0.39 is 6.04 Å². The first-order chi connectivity index (χ1) is 13.0. The van der Waals surface area contributed by atoms with Gasteiger partial charge in [0.05, 0.1) is 0 Å². The van der Waals surface area contributed by atoms with Gasteiger partial charge >= 0.3 is 0 Å². The van der Waals surface area contributed by atoms with Crippen molar-refractivity contribution >= 4 is 17.7 Å². The molecule has 0 aromatic heterocycles. The summed E-state index contributed by atoms with van der Waals surface area (Å²) in [7, 11) is 0. The van der Waals surface area contributed by atoms with E-state index in [9.17, 15) is 14.4 Å². The third-order valence-corrected chi connectivity index (χ3v) is 5.79. The standard InChI is InChI=1S/C20H24N4O3/c1-2-8-20(11-21-12-20)22-9-13-4-3-5-14-15(13)10-24(19(14)27)16-6-7-17(25)23-18(16)26/h2-5,16,21-22H,1,6-12H2,(H,23,25,26). The lowest BCUT2D eigenvalue weighted by atomic mass is 9.88. The van der Waals surface area contributed by atoms with Crippen molar-refractivity contribution in [1.82, 2.24) is 20.9 Å². The van der Waals surface area contributed by atoms with Gasteiger partial charge in [-0.1, -0.05) is 18.2 Å². The highest BCUT2D eigenvalue weighted by Crippen LogP contribution is 2.30. The van der Waals surface area contributed by atoms with E-state index in [1.54, 1.807) is 4.90 Å². The van der Waals surface area contributed by atoms with Crippen molar-refractivity contribution in [1.29, 1.82) is 0 Å². The number of rotatable bonds is 6. The Balaban J connectivity index is 1.51. The van der Waals surface area contributed by atoms with E-state index in [0.29, 0.717) is 25.1 Å². The van der Waals surface area contributed by atoms with Gasteiger partial charge in [-0.2, -0.15) is 0 Å². The van der Waals surface area contributed by atoms with Crippen molar-refractivity contribution < 1.29 is 14.4 Å². The summed E-state index contributed by atoms with van der Waals surface area (Å²) in [6.07, 6.45) is 3.46. The van der Waals surface area contributed by atoms with Gasteiger partial charge in [-0.3, -0.25) is 19.7 Å². The Morgan fingerprint density at radius 1 is 1.30 bits per heavy atom. The van der Waals surface area contributed by atoms with Gasteiger partial charge in [-0.25, -0.2) is 0 Å². The van der Waals surface area contributed by atoms with E-state index in [0.717, 1.165) is 30.6 Å². The van der Waals surface area contributed by atoms with Crippen LogP contribution in [-0.2, 0) is 22.7 Å². The van der Waals surface area contributed by atoms with Crippen molar-refractivity contribution in [3.63, 3.8) is 0 Å². The molecule has 7 heteroatoms. The van der Waals surface area contributed by atoms with Gasteiger partial charge in [0.2, 0.25) is 11.8 Å². The molecule has 3 N–H and O–H groups in total. The number of hydrogen-bond donors (Lipinski definition) is 3. The average Bonchev–Trinajstić information content (AvgIpc) is 2.95. The topological polar surface area (TPSA) is 90.5 Å². The van der Waals surface area contributed by atoms with Gasteiger partial charge in [0.15, 0.2) is 0 Å². The molecule has 2 saturated heterocycles. The minimum Gasteiger partial charge on any atom is -0.322 e. The molecule has 3 amide bonds. The molecule has 142 valence electrons. The molecule has 0 spiro atoms. The molecule has 3 aliphatic rings. The lowest BCUT2D eigenvalue weighted by Gasteiger charge is -2.43. The number of hydrogen-bond acceptors (Lipinski definition) is 5. The number of nitrogens with zero attached hydrogens (tertiary/aromatic N) is 1. The van der Waals surface area contributed by atoms with Crippen LogP contribution < -0.4 is 16.0 Å². The number of imide groups is 1. The first-order valence-corrected chi connectivity index (χ1v) is 9.35. The molecular formula is C20H24N4O3. The fraction of sp³-hybridized carbons (Fsp3) is 0.450. The number of nitrogens with one attached hydrogen (secondary N) is 3. The van der Waals surface area contributed by atoms with Gasteiger partial charge in [0.1, 0.15) is 6.04 Å². The van der Waals surface area contributed by atoms with Crippen LogP contribution in [0.3, 0.4) is 0 Å². The van der Waals surface area contributed by atoms with Crippen LogP contribution in [0.4, 0.5) is 0 Å².